The van der Waals surface area contributed by atoms with Gasteiger partial charge >= 0.3 is 0 Å². The molecule has 3 unspecified atom stereocenters. The fraction of sp³-hybridized carbons (Fsp3) is 0.611. The van der Waals surface area contributed by atoms with E-state index >= 15 is 0 Å². The summed E-state index contributed by atoms with van der Waals surface area (Å²) in [5, 5.41) is 2.92. The monoisotopic (exact) mass is 317 g/mol. The molecular formula is C18H27N3O2. The molecule has 1 heterocycles. The van der Waals surface area contributed by atoms with Gasteiger partial charge in [0, 0.05) is 12.6 Å². The summed E-state index contributed by atoms with van der Waals surface area (Å²) in [7, 11) is 2.18. The molecule has 0 saturated heterocycles. The highest BCUT2D eigenvalue weighted by Crippen LogP contribution is 2.32. The molecule has 1 saturated carbocycles. The molecule has 1 fully saturated rings. The van der Waals surface area contributed by atoms with Crippen LogP contribution < -0.4 is 15.8 Å². The maximum atomic E-state index is 11.7. The Morgan fingerprint density at radius 2 is 2.22 bits per heavy atom. The molecule has 3 rings (SSSR count). The van der Waals surface area contributed by atoms with Crippen LogP contribution in [-0.4, -0.2) is 36.5 Å². The summed E-state index contributed by atoms with van der Waals surface area (Å²) in [6.07, 6.45) is 4.54. The molecule has 3 N–H and O–H groups in total. The highest BCUT2D eigenvalue weighted by molar-refractivity contribution is 5.97. The Bertz CT molecular complexity index is 575. The van der Waals surface area contributed by atoms with Crippen LogP contribution in [0.25, 0.3) is 0 Å². The molecular weight excluding hydrogens is 290 g/mol. The van der Waals surface area contributed by atoms with E-state index in [-0.39, 0.29) is 5.91 Å². The number of nitrogens with two attached hydrogens (primary N) is 1. The number of hydrogen-bond donors (Lipinski definition) is 2. The number of benzene rings is 1. The van der Waals surface area contributed by atoms with Crippen LogP contribution in [0.1, 0.15) is 38.2 Å². The lowest BCUT2D eigenvalue weighted by Crippen LogP contribution is -2.37. The lowest BCUT2D eigenvalue weighted by Gasteiger charge is -2.35. The molecule has 23 heavy (non-hydrogen) atoms. The first kappa shape index (κ1) is 16.3. The zero-order chi connectivity index (χ0) is 16.4. The Morgan fingerprint density at radius 1 is 1.39 bits per heavy atom. The molecule has 1 aromatic carbocycles. The Labute approximate surface area is 138 Å². The lowest BCUT2D eigenvalue weighted by atomic mass is 9.85. The van der Waals surface area contributed by atoms with Gasteiger partial charge in [0.15, 0.2) is 6.10 Å². The maximum Gasteiger partial charge on any atom is 0.265 e. The third-order valence-electron chi connectivity index (χ3n) is 5.12. The van der Waals surface area contributed by atoms with Crippen molar-refractivity contribution in [3.63, 3.8) is 0 Å². The largest absolute Gasteiger partial charge is 0.479 e. The van der Waals surface area contributed by atoms with Gasteiger partial charge in [0.05, 0.1) is 5.69 Å². The topological polar surface area (TPSA) is 67.6 Å². The Balaban J connectivity index is 1.66. The summed E-state index contributed by atoms with van der Waals surface area (Å²) in [6.45, 7) is 3.43. The van der Waals surface area contributed by atoms with Crippen molar-refractivity contribution < 1.29 is 9.53 Å². The van der Waals surface area contributed by atoms with E-state index in [0.29, 0.717) is 12.0 Å². The summed E-state index contributed by atoms with van der Waals surface area (Å²) >= 11 is 0. The van der Waals surface area contributed by atoms with Gasteiger partial charge in [-0.2, -0.15) is 0 Å². The molecule has 1 aliphatic carbocycles. The van der Waals surface area contributed by atoms with Gasteiger partial charge in [-0.3, -0.25) is 9.69 Å². The quantitative estimate of drug-likeness (QED) is 0.894. The van der Waals surface area contributed by atoms with Gasteiger partial charge in [-0.1, -0.05) is 12.5 Å². The molecule has 0 radical (unpaired) electrons. The second-order valence-corrected chi connectivity index (χ2v) is 6.92. The minimum atomic E-state index is -0.425. The van der Waals surface area contributed by atoms with Crippen LogP contribution in [0.4, 0.5) is 5.69 Å². The van der Waals surface area contributed by atoms with Crippen molar-refractivity contribution in [2.45, 2.75) is 51.3 Å². The fourth-order valence-electron chi connectivity index (χ4n) is 3.65. The molecule has 0 bridgehead atoms. The van der Waals surface area contributed by atoms with Crippen LogP contribution in [0.3, 0.4) is 0 Å². The number of nitrogens with one attached hydrogen (secondary N) is 1. The molecule has 3 atom stereocenters. The lowest BCUT2D eigenvalue weighted by molar-refractivity contribution is -0.122. The number of nitrogens with zero attached hydrogens (tertiary/aromatic N) is 1. The third kappa shape index (κ3) is 3.67. The number of carbonyl (C=O) groups excluding carboxylic acids is 1. The van der Waals surface area contributed by atoms with Crippen LogP contribution in [-0.2, 0) is 11.3 Å². The fourth-order valence-corrected chi connectivity index (χ4v) is 3.65. The normalized spacial score (nSPS) is 27.3. The van der Waals surface area contributed by atoms with Crippen molar-refractivity contribution in [1.82, 2.24) is 4.90 Å². The molecule has 0 aromatic heterocycles. The molecule has 2 aliphatic rings. The molecule has 1 aliphatic heterocycles. The first-order chi connectivity index (χ1) is 11.1. The number of amides is 1. The predicted molar refractivity (Wildman–Crippen MR) is 91.4 cm³/mol. The third-order valence-corrected chi connectivity index (χ3v) is 5.12. The number of ether oxygens (including phenoxy) is 1. The van der Waals surface area contributed by atoms with Gasteiger partial charge in [0.1, 0.15) is 5.75 Å². The maximum absolute atomic E-state index is 11.7. The molecule has 1 amide bonds. The van der Waals surface area contributed by atoms with E-state index < -0.39 is 6.10 Å². The minimum Gasteiger partial charge on any atom is -0.479 e. The van der Waals surface area contributed by atoms with Crippen molar-refractivity contribution >= 4 is 11.6 Å². The standard InChI is InChI=1S/C18H27N3O2/c1-12-18(22)20-16-9-14(6-7-17(16)23-12)11-21(2)15-5-3-4-13(8-15)10-19/h6-7,9,12-13,15H,3-5,8,10-11,19H2,1-2H3,(H,20,22). The molecule has 5 nitrogen and oxygen atoms in total. The Kier molecular flexibility index (Phi) is 4.87. The summed E-state index contributed by atoms with van der Waals surface area (Å²) in [5.41, 5.74) is 7.82. The van der Waals surface area contributed by atoms with Gasteiger partial charge in [-0.25, -0.2) is 0 Å². The van der Waals surface area contributed by atoms with E-state index in [1.165, 1.54) is 31.2 Å². The summed E-state index contributed by atoms with van der Waals surface area (Å²) in [5.74, 6) is 1.33. The van der Waals surface area contributed by atoms with Crippen LogP contribution in [0.5, 0.6) is 5.75 Å². The number of carbonyl (C=O) groups is 1. The van der Waals surface area contributed by atoms with Crippen LogP contribution >= 0.6 is 0 Å². The van der Waals surface area contributed by atoms with E-state index in [1.54, 1.807) is 6.92 Å². The van der Waals surface area contributed by atoms with Gasteiger partial charge in [0.25, 0.3) is 5.91 Å². The van der Waals surface area contributed by atoms with Crippen LogP contribution in [0.2, 0.25) is 0 Å². The second kappa shape index (κ2) is 6.89. The van der Waals surface area contributed by atoms with Gasteiger partial charge in [-0.15, -0.1) is 0 Å². The van der Waals surface area contributed by atoms with E-state index in [1.807, 2.05) is 12.1 Å². The SMILES string of the molecule is CC1Oc2ccc(CN(C)C3CCCC(CN)C3)cc2NC1=O. The van der Waals surface area contributed by atoms with Gasteiger partial charge in [-0.05, 0) is 63.4 Å². The van der Waals surface area contributed by atoms with E-state index in [9.17, 15) is 4.79 Å². The van der Waals surface area contributed by atoms with Gasteiger partial charge < -0.3 is 15.8 Å². The predicted octanol–water partition coefficient (Wildman–Crippen LogP) is 2.36. The van der Waals surface area contributed by atoms with Gasteiger partial charge in [0.2, 0.25) is 0 Å². The Morgan fingerprint density at radius 3 is 3.00 bits per heavy atom. The highest BCUT2D eigenvalue weighted by atomic mass is 16.5. The van der Waals surface area contributed by atoms with E-state index in [4.69, 9.17) is 10.5 Å². The zero-order valence-corrected chi connectivity index (χ0v) is 14.0. The number of fused-ring (bicyclic) bond motifs is 1. The summed E-state index contributed by atoms with van der Waals surface area (Å²) in [6, 6.07) is 6.67. The number of hydrogen-bond acceptors (Lipinski definition) is 4. The Hall–Kier alpha value is -1.59. The molecule has 0 spiro atoms. The average molecular weight is 317 g/mol. The molecule has 1 aromatic rings. The molecule has 126 valence electrons. The van der Waals surface area contributed by atoms with Crippen LogP contribution in [0, 0.1) is 5.92 Å². The minimum absolute atomic E-state index is 0.0823. The van der Waals surface area contributed by atoms with Crippen LogP contribution in [0.15, 0.2) is 18.2 Å². The number of anilines is 1. The van der Waals surface area contributed by atoms with E-state index in [2.05, 4.69) is 23.3 Å². The first-order valence-corrected chi connectivity index (χ1v) is 8.57. The van der Waals surface area contributed by atoms with E-state index in [0.717, 1.165) is 24.5 Å². The smallest absolute Gasteiger partial charge is 0.265 e. The first-order valence-electron chi connectivity index (χ1n) is 8.57. The van der Waals surface area contributed by atoms with Crippen molar-refractivity contribution in [2.75, 3.05) is 18.9 Å². The second-order valence-electron chi connectivity index (χ2n) is 6.92. The van der Waals surface area contributed by atoms with Crippen molar-refractivity contribution in [3.05, 3.63) is 23.8 Å². The zero-order valence-electron chi connectivity index (χ0n) is 14.0. The average Bonchev–Trinajstić information content (AvgIpc) is 2.56. The summed E-state index contributed by atoms with van der Waals surface area (Å²) in [4.78, 5) is 14.2. The molecule has 5 heteroatoms. The summed E-state index contributed by atoms with van der Waals surface area (Å²) < 4.78 is 5.61. The van der Waals surface area contributed by atoms with Crippen molar-refractivity contribution in [3.8, 4) is 5.75 Å². The highest BCUT2D eigenvalue weighted by Gasteiger charge is 2.26. The number of rotatable bonds is 4. The van der Waals surface area contributed by atoms with Crippen molar-refractivity contribution in [1.29, 1.82) is 0 Å². The van der Waals surface area contributed by atoms with Crippen molar-refractivity contribution in [2.24, 2.45) is 11.7 Å².